The van der Waals surface area contributed by atoms with Crippen LogP contribution in [0.4, 0.5) is 10.5 Å². The summed E-state index contributed by atoms with van der Waals surface area (Å²) in [5.74, 6) is 0.445. The van der Waals surface area contributed by atoms with Crippen molar-refractivity contribution in [2.24, 2.45) is 0 Å². The highest BCUT2D eigenvalue weighted by atomic mass is 35.5. The smallest absolute Gasteiger partial charge is 0.320 e. The lowest BCUT2D eigenvalue weighted by molar-refractivity contribution is 0.265. The Hall–Kier alpha value is -0.640. The lowest BCUT2D eigenvalue weighted by Gasteiger charge is -2.16. The fourth-order valence-electron chi connectivity index (χ4n) is 1.03. The molecule has 1 rings (SSSR count). The van der Waals surface area contributed by atoms with Gasteiger partial charge in [0.2, 0.25) is 0 Å². The minimum absolute atomic E-state index is 0.229. The first-order valence-electron chi connectivity index (χ1n) is 3.94. The molecule has 1 aromatic carbocycles. The third-order valence-corrected chi connectivity index (χ3v) is 2.98. The number of hydrogen-bond donors (Lipinski definition) is 0. The third-order valence-electron chi connectivity index (χ3n) is 1.87. The lowest BCUT2D eigenvalue weighted by atomic mass is 10.3. The van der Waals surface area contributed by atoms with Gasteiger partial charge in [-0.2, -0.15) is 0 Å². The van der Waals surface area contributed by atoms with Crippen LogP contribution in [-0.2, 0) is 0 Å². The van der Waals surface area contributed by atoms with Crippen LogP contribution in [0.25, 0.3) is 0 Å². The van der Waals surface area contributed by atoms with Gasteiger partial charge in [0.05, 0.1) is 17.8 Å². The second kappa shape index (κ2) is 4.92. The molecule has 82 valence electrons. The van der Waals surface area contributed by atoms with Gasteiger partial charge < -0.3 is 9.64 Å². The second-order valence-corrected chi connectivity index (χ2v) is 3.81. The average Bonchev–Trinajstić information content (AvgIpc) is 2.21. The maximum absolute atomic E-state index is 10.9. The summed E-state index contributed by atoms with van der Waals surface area (Å²) in [7, 11) is 2.98. The number of methoxy groups -OCH3 is 1. The molecule has 0 N–H and O–H groups in total. The summed E-state index contributed by atoms with van der Waals surface area (Å²) >= 11 is 17.2. The molecule has 0 bridgehead atoms. The lowest BCUT2D eigenvalue weighted by Crippen LogP contribution is -2.19. The summed E-state index contributed by atoms with van der Waals surface area (Å²) in [4.78, 5) is 12.1. The number of ether oxygens (including phenoxy) is 1. The van der Waals surface area contributed by atoms with Crippen LogP contribution in [0, 0.1) is 0 Å². The number of hydrogen-bond acceptors (Lipinski definition) is 2. The molecule has 6 heteroatoms. The third kappa shape index (κ3) is 2.48. The standard InChI is InChI=1S/C9H8Cl3NO2/c1-13(9(12)14)5-3-4-6(15-2)8(11)7(5)10/h3-4H,1-2H3. The van der Waals surface area contributed by atoms with Crippen molar-refractivity contribution in [2.75, 3.05) is 19.1 Å². The molecule has 0 spiro atoms. The van der Waals surface area contributed by atoms with E-state index >= 15 is 0 Å². The van der Waals surface area contributed by atoms with Crippen LogP contribution >= 0.6 is 34.8 Å². The number of anilines is 1. The molecule has 1 aromatic rings. The molecule has 0 saturated heterocycles. The number of benzene rings is 1. The van der Waals surface area contributed by atoms with Gasteiger partial charge in [0, 0.05) is 7.05 Å². The predicted octanol–water partition coefficient (Wildman–Crippen LogP) is 3.80. The van der Waals surface area contributed by atoms with Crippen LogP contribution in [-0.4, -0.2) is 19.5 Å². The van der Waals surface area contributed by atoms with Crippen LogP contribution in [0.5, 0.6) is 5.75 Å². The Bertz CT molecular complexity index is 395. The van der Waals surface area contributed by atoms with E-state index in [0.717, 1.165) is 0 Å². The Balaban J connectivity index is 3.23. The normalized spacial score (nSPS) is 9.93. The van der Waals surface area contributed by atoms with Gasteiger partial charge in [-0.25, -0.2) is 0 Å². The summed E-state index contributed by atoms with van der Waals surface area (Å²) in [5, 5.41) is -0.160. The summed E-state index contributed by atoms with van der Waals surface area (Å²) in [6.07, 6.45) is 0. The van der Waals surface area contributed by atoms with Gasteiger partial charge in [0.1, 0.15) is 10.8 Å². The number of carbonyl (C=O) groups excluding carboxylic acids is 1. The Kier molecular flexibility index (Phi) is 4.08. The van der Waals surface area contributed by atoms with Gasteiger partial charge >= 0.3 is 5.37 Å². The van der Waals surface area contributed by atoms with Crippen molar-refractivity contribution >= 4 is 45.9 Å². The molecule has 0 aliphatic heterocycles. The van der Waals surface area contributed by atoms with Crippen molar-refractivity contribution in [3.8, 4) is 5.75 Å². The molecular weight excluding hydrogens is 260 g/mol. The second-order valence-electron chi connectivity index (χ2n) is 2.73. The molecule has 0 aliphatic carbocycles. The van der Waals surface area contributed by atoms with Crippen molar-refractivity contribution in [2.45, 2.75) is 0 Å². The Morgan fingerprint density at radius 3 is 2.40 bits per heavy atom. The van der Waals surface area contributed by atoms with E-state index in [4.69, 9.17) is 39.5 Å². The molecule has 1 amide bonds. The van der Waals surface area contributed by atoms with E-state index in [-0.39, 0.29) is 10.0 Å². The monoisotopic (exact) mass is 267 g/mol. The van der Waals surface area contributed by atoms with Gasteiger partial charge in [0.25, 0.3) is 0 Å². The van der Waals surface area contributed by atoms with E-state index in [1.807, 2.05) is 0 Å². The molecule has 0 aliphatic rings. The fraction of sp³-hybridized carbons (Fsp3) is 0.222. The van der Waals surface area contributed by atoms with Crippen molar-refractivity contribution in [1.29, 1.82) is 0 Å². The quantitative estimate of drug-likeness (QED) is 0.603. The van der Waals surface area contributed by atoms with E-state index in [0.29, 0.717) is 11.4 Å². The van der Waals surface area contributed by atoms with Gasteiger partial charge in [-0.05, 0) is 23.7 Å². The number of nitrogens with zero attached hydrogens (tertiary/aromatic N) is 1. The van der Waals surface area contributed by atoms with Gasteiger partial charge in [-0.3, -0.25) is 4.79 Å². The van der Waals surface area contributed by atoms with Crippen LogP contribution in [0.1, 0.15) is 0 Å². The summed E-state index contributed by atoms with van der Waals surface area (Å²) in [5.41, 5.74) is 0.433. The molecule has 0 fully saturated rings. The zero-order chi connectivity index (χ0) is 11.6. The zero-order valence-electron chi connectivity index (χ0n) is 8.05. The minimum atomic E-state index is -0.641. The highest BCUT2D eigenvalue weighted by Crippen LogP contribution is 2.38. The minimum Gasteiger partial charge on any atom is -0.495 e. The van der Waals surface area contributed by atoms with Gasteiger partial charge in [0.15, 0.2) is 0 Å². The van der Waals surface area contributed by atoms with E-state index in [1.54, 1.807) is 12.1 Å². The van der Waals surface area contributed by atoms with E-state index in [1.165, 1.54) is 19.1 Å². The predicted molar refractivity (Wildman–Crippen MR) is 62.7 cm³/mol. The number of halogens is 3. The van der Waals surface area contributed by atoms with Crippen LogP contribution in [0.15, 0.2) is 12.1 Å². The SMILES string of the molecule is COc1ccc(N(C)C(=O)Cl)c(Cl)c1Cl. The Labute approximate surface area is 102 Å². The molecule has 0 atom stereocenters. The first-order chi connectivity index (χ1) is 6.99. The average molecular weight is 269 g/mol. The first kappa shape index (κ1) is 12.4. The van der Waals surface area contributed by atoms with Gasteiger partial charge in [-0.1, -0.05) is 23.2 Å². The molecule has 0 radical (unpaired) electrons. The number of rotatable bonds is 2. The molecule has 3 nitrogen and oxygen atoms in total. The number of amides is 1. The Morgan fingerprint density at radius 1 is 1.33 bits per heavy atom. The zero-order valence-corrected chi connectivity index (χ0v) is 10.3. The van der Waals surface area contributed by atoms with Crippen molar-refractivity contribution in [3.05, 3.63) is 22.2 Å². The summed E-state index contributed by atoms with van der Waals surface area (Å²) < 4.78 is 4.97. The van der Waals surface area contributed by atoms with Crippen molar-refractivity contribution < 1.29 is 9.53 Å². The van der Waals surface area contributed by atoms with Crippen LogP contribution in [0.2, 0.25) is 10.0 Å². The van der Waals surface area contributed by atoms with Crippen LogP contribution in [0.3, 0.4) is 0 Å². The summed E-state index contributed by atoms with van der Waals surface area (Å²) in [6, 6.07) is 3.22. The molecule has 0 heterocycles. The molecule has 15 heavy (non-hydrogen) atoms. The van der Waals surface area contributed by atoms with E-state index < -0.39 is 5.37 Å². The van der Waals surface area contributed by atoms with Crippen LogP contribution < -0.4 is 9.64 Å². The van der Waals surface area contributed by atoms with Crippen molar-refractivity contribution in [3.63, 3.8) is 0 Å². The number of carbonyl (C=O) groups is 1. The highest BCUT2D eigenvalue weighted by molar-refractivity contribution is 6.66. The Morgan fingerprint density at radius 2 is 1.93 bits per heavy atom. The molecule has 0 saturated carbocycles. The fourth-order valence-corrected chi connectivity index (χ4v) is 1.64. The highest BCUT2D eigenvalue weighted by Gasteiger charge is 2.16. The van der Waals surface area contributed by atoms with Gasteiger partial charge in [-0.15, -0.1) is 0 Å². The topological polar surface area (TPSA) is 29.5 Å². The maximum atomic E-state index is 10.9. The summed E-state index contributed by atoms with van der Waals surface area (Å²) in [6.45, 7) is 0. The van der Waals surface area contributed by atoms with Crippen molar-refractivity contribution in [1.82, 2.24) is 0 Å². The molecule has 0 aromatic heterocycles. The maximum Gasteiger partial charge on any atom is 0.320 e. The molecule has 0 unspecified atom stereocenters. The van der Waals surface area contributed by atoms with E-state index in [2.05, 4.69) is 0 Å². The van der Waals surface area contributed by atoms with E-state index in [9.17, 15) is 4.79 Å². The largest absolute Gasteiger partial charge is 0.495 e. The first-order valence-corrected chi connectivity index (χ1v) is 5.07. The molecular formula is C9H8Cl3NO2.